The zero-order valence-electron chi connectivity index (χ0n) is 37.3. The molecule has 0 amide bonds. The van der Waals surface area contributed by atoms with Gasteiger partial charge in [-0.3, -0.25) is 14.4 Å². The molecule has 0 aliphatic rings. The quantitative estimate of drug-likeness (QED) is 0.0202. The number of hydrogen-bond acceptors (Lipinski definition) is 6. The molecule has 1 atom stereocenters. The lowest BCUT2D eigenvalue weighted by molar-refractivity contribution is -0.167. The molecule has 0 saturated carbocycles. The Balaban J connectivity index is 4.48. The van der Waals surface area contributed by atoms with E-state index in [4.69, 9.17) is 14.2 Å². The van der Waals surface area contributed by atoms with Gasteiger partial charge in [-0.05, 0) is 89.9 Å². The first-order valence-electron chi connectivity index (χ1n) is 23.3. The number of rotatable bonds is 40. The van der Waals surface area contributed by atoms with E-state index in [0.717, 1.165) is 103 Å². The first kappa shape index (κ1) is 54.3. The van der Waals surface area contributed by atoms with Crippen LogP contribution in [0, 0.1) is 0 Å². The molecule has 0 bridgehead atoms. The molecular weight excluding hydrogens is 721 g/mol. The van der Waals surface area contributed by atoms with Crippen LogP contribution in [0.2, 0.25) is 0 Å². The fourth-order valence-electron chi connectivity index (χ4n) is 5.87. The van der Waals surface area contributed by atoms with E-state index >= 15 is 0 Å². The van der Waals surface area contributed by atoms with Crippen molar-refractivity contribution in [1.82, 2.24) is 0 Å². The highest BCUT2D eigenvalue weighted by molar-refractivity contribution is 5.71. The van der Waals surface area contributed by atoms with Crippen LogP contribution in [0.4, 0.5) is 0 Å². The zero-order chi connectivity index (χ0) is 42.3. The van der Waals surface area contributed by atoms with Crippen molar-refractivity contribution in [2.75, 3.05) is 13.2 Å². The molecule has 0 N–H and O–H groups in total. The molecule has 0 aliphatic carbocycles. The monoisotopic (exact) mass is 805 g/mol. The Morgan fingerprint density at radius 3 is 1.33 bits per heavy atom. The van der Waals surface area contributed by atoms with E-state index in [0.29, 0.717) is 19.3 Å². The normalized spacial score (nSPS) is 12.9. The maximum atomic E-state index is 12.7. The second kappa shape index (κ2) is 46.0. The van der Waals surface area contributed by atoms with Crippen LogP contribution >= 0.6 is 0 Å². The van der Waals surface area contributed by atoms with Crippen LogP contribution in [0.5, 0.6) is 0 Å². The molecule has 0 heterocycles. The molecule has 6 heteroatoms. The Hall–Kier alpha value is -3.67. The zero-order valence-corrected chi connectivity index (χ0v) is 37.3. The van der Waals surface area contributed by atoms with Gasteiger partial charge in [0.15, 0.2) is 6.10 Å². The molecular formula is C52H84O6. The summed E-state index contributed by atoms with van der Waals surface area (Å²) in [4.78, 5) is 37.7. The summed E-state index contributed by atoms with van der Waals surface area (Å²) in [6, 6.07) is 0. The van der Waals surface area contributed by atoms with E-state index in [2.05, 4.69) is 118 Å². The van der Waals surface area contributed by atoms with Crippen molar-refractivity contribution < 1.29 is 28.6 Å². The van der Waals surface area contributed by atoms with Gasteiger partial charge in [0.2, 0.25) is 0 Å². The number of allylic oxidation sites excluding steroid dienone is 16. The summed E-state index contributed by atoms with van der Waals surface area (Å²) in [6.45, 7) is 6.34. The van der Waals surface area contributed by atoms with Crippen LogP contribution in [-0.2, 0) is 28.6 Å². The SMILES string of the molecule is CC/C=C\C/C=C\C/C=C\CCCC(=O)OC(COC(=O)CCCCCCC\C=C/C=C\C=C/C=C\CCCCC)COC(=O)CCCCCCC/C=C\CCCC. The molecule has 58 heavy (non-hydrogen) atoms. The topological polar surface area (TPSA) is 78.9 Å². The van der Waals surface area contributed by atoms with Gasteiger partial charge in [0.05, 0.1) is 0 Å². The van der Waals surface area contributed by atoms with Gasteiger partial charge in [-0.1, -0.05) is 182 Å². The number of hydrogen-bond donors (Lipinski definition) is 0. The van der Waals surface area contributed by atoms with Crippen molar-refractivity contribution in [3.8, 4) is 0 Å². The first-order valence-corrected chi connectivity index (χ1v) is 23.3. The molecule has 0 aromatic heterocycles. The van der Waals surface area contributed by atoms with Crippen LogP contribution in [0.25, 0.3) is 0 Å². The van der Waals surface area contributed by atoms with Crippen LogP contribution in [-0.4, -0.2) is 37.2 Å². The summed E-state index contributed by atoms with van der Waals surface area (Å²) in [5.41, 5.74) is 0. The fraction of sp³-hybridized carbons (Fsp3) is 0.635. The first-order chi connectivity index (χ1) is 28.5. The average Bonchev–Trinajstić information content (AvgIpc) is 3.22. The summed E-state index contributed by atoms with van der Waals surface area (Å²) in [6.07, 6.45) is 59.7. The van der Waals surface area contributed by atoms with Crippen molar-refractivity contribution in [3.63, 3.8) is 0 Å². The Morgan fingerprint density at radius 2 is 0.776 bits per heavy atom. The lowest BCUT2D eigenvalue weighted by atomic mass is 10.1. The van der Waals surface area contributed by atoms with Gasteiger partial charge >= 0.3 is 17.9 Å². The minimum atomic E-state index is -0.815. The highest BCUT2D eigenvalue weighted by Gasteiger charge is 2.19. The predicted octanol–water partition coefficient (Wildman–Crippen LogP) is 15.0. The van der Waals surface area contributed by atoms with Gasteiger partial charge in [0, 0.05) is 19.3 Å². The van der Waals surface area contributed by atoms with Crippen molar-refractivity contribution in [1.29, 1.82) is 0 Å². The van der Waals surface area contributed by atoms with Crippen molar-refractivity contribution in [2.45, 2.75) is 200 Å². The molecule has 328 valence electrons. The van der Waals surface area contributed by atoms with Crippen molar-refractivity contribution in [3.05, 3.63) is 97.2 Å². The molecule has 1 unspecified atom stereocenters. The Bertz CT molecular complexity index is 1200. The second-order valence-corrected chi connectivity index (χ2v) is 15.0. The minimum absolute atomic E-state index is 0.112. The highest BCUT2D eigenvalue weighted by atomic mass is 16.6. The van der Waals surface area contributed by atoms with E-state index in [9.17, 15) is 14.4 Å². The lowest BCUT2D eigenvalue weighted by Gasteiger charge is -2.18. The minimum Gasteiger partial charge on any atom is -0.462 e. The molecule has 6 nitrogen and oxygen atoms in total. The third kappa shape index (κ3) is 43.5. The Morgan fingerprint density at radius 1 is 0.379 bits per heavy atom. The van der Waals surface area contributed by atoms with Gasteiger partial charge in [-0.25, -0.2) is 0 Å². The van der Waals surface area contributed by atoms with Crippen molar-refractivity contribution >= 4 is 17.9 Å². The van der Waals surface area contributed by atoms with Gasteiger partial charge in [-0.15, -0.1) is 0 Å². The second-order valence-electron chi connectivity index (χ2n) is 15.0. The van der Waals surface area contributed by atoms with Crippen LogP contribution < -0.4 is 0 Å². The molecule has 0 fully saturated rings. The Kier molecular flexibility index (Phi) is 43.1. The van der Waals surface area contributed by atoms with Gasteiger partial charge in [-0.2, -0.15) is 0 Å². The molecule has 0 radical (unpaired) electrons. The van der Waals surface area contributed by atoms with Crippen LogP contribution in [0.1, 0.15) is 194 Å². The maximum Gasteiger partial charge on any atom is 0.306 e. The third-order valence-corrected chi connectivity index (χ3v) is 9.39. The number of carbonyl (C=O) groups excluding carboxylic acids is 3. The highest BCUT2D eigenvalue weighted by Crippen LogP contribution is 2.12. The molecule has 0 aromatic carbocycles. The number of carbonyl (C=O) groups is 3. The fourth-order valence-corrected chi connectivity index (χ4v) is 5.87. The van der Waals surface area contributed by atoms with E-state index in [-0.39, 0.29) is 37.5 Å². The summed E-state index contributed by atoms with van der Waals surface area (Å²) < 4.78 is 16.6. The predicted molar refractivity (Wildman–Crippen MR) is 247 cm³/mol. The molecule has 0 aliphatic heterocycles. The summed E-state index contributed by atoms with van der Waals surface area (Å²) in [7, 11) is 0. The number of esters is 3. The average molecular weight is 805 g/mol. The summed E-state index contributed by atoms with van der Waals surface area (Å²) in [5, 5.41) is 0. The number of ether oxygens (including phenoxy) is 3. The van der Waals surface area contributed by atoms with E-state index < -0.39 is 6.10 Å². The molecule has 0 aromatic rings. The molecule has 0 saturated heterocycles. The van der Waals surface area contributed by atoms with E-state index in [1.54, 1.807) is 0 Å². The standard InChI is InChI=1S/C52H84O6/c1-4-7-10-13-16-19-22-23-24-25-26-27-28-31-33-36-39-42-45-51(54)57-48-49(58-52(55)46-43-40-37-34-30-21-18-15-12-9-6-3)47-56-50(53)44-41-38-35-32-29-20-17-14-11-8-5-2/h9,12,14,16-19,21-27,34,37,49H,4-8,10-11,13,15,20,28-33,35-36,38-48H2,1-3H3/b12-9-,17-14-,19-16-,21-18-,23-22-,25-24-,27-26-,37-34-. The summed E-state index contributed by atoms with van der Waals surface area (Å²) in [5.74, 6) is -1.01. The van der Waals surface area contributed by atoms with Gasteiger partial charge < -0.3 is 14.2 Å². The lowest BCUT2D eigenvalue weighted by Crippen LogP contribution is -2.30. The Labute approximate surface area is 356 Å². The van der Waals surface area contributed by atoms with E-state index in [1.165, 1.54) is 44.9 Å². The van der Waals surface area contributed by atoms with Crippen molar-refractivity contribution in [2.24, 2.45) is 0 Å². The van der Waals surface area contributed by atoms with Gasteiger partial charge in [0.25, 0.3) is 0 Å². The third-order valence-electron chi connectivity index (χ3n) is 9.39. The molecule has 0 spiro atoms. The van der Waals surface area contributed by atoms with Crippen LogP contribution in [0.15, 0.2) is 97.2 Å². The van der Waals surface area contributed by atoms with Gasteiger partial charge in [0.1, 0.15) is 13.2 Å². The van der Waals surface area contributed by atoms with Crippen LogP contribution in [0.3, 0.4) is 0 Å². The smallest absolute Gasteiger partial charge is 0.306 e. The van der Waals surface area contributed by atoms with E-state index in [1.807, 2.05) is 0 Å². The largest absolute Gasteiger partial charge is 0.462 e. The summed E-state index contributed by atoms with van der Waals surface area (Å²) >= 11 is 0. The number of unbranched alkanes of at least 4 members (excludes halogenated alkanes) is 16. The molecule has 0 rings (SSSR count). The maximum absolute atomic E-state index is 12.7.